The summed E-state index contributed by atoms with van der Waals surface area (Å²) < 4.78 is 0.915. The number of hydrogen-bond donors (Lipinski definition) is 1. The van der Waals surface area contributed by atoms with E-state index in [1.54, 1.807) is 12.1 Å². The van der Waals surface area contributed by atoms with Crippen molar-refractivity contribution in [2.24, 2.45) is 0 Å². The van der Waals surface area contributed by atoms with Crippen LogP contribution in [0.25, 0.3) is 10.2 Å². The minimum Gasteiger partial charge on any atom is -0.329 e. The molecule has 0 amide bonds. The van der Waals surface area contributed by atoms with Crippen LogP contribution in [0.2, 0.25) is 20.1 Å². The Morgan fingerprint density at radius 3 is 2.30 bits per heavy atom. The highest BCUT2D eigenvalue weighted by atomic mass is 35.5. The summed E-state index contributed by atoms with van der Waals surface area (Å²) in [7, 11) is 0. The van der Waals surface area contributed by atoms with Gasteiger partial charge in [0.15, 0.2) is 5.13 Å². The molecule has 2 nitrogen and oxygen atoms in total. The van der Waals surface area contributed by atoms with E-state index in [0.29, 0.717) is 30.9 Å². The lowest BCUT2D eigenvalue weighted by Gasteiger charge is -2.07. The first kappa shape index (κ1) is 14.2. The van der Waals surface area contributed by atoms with Gasteiger partial charge in [-0.05, 0) is 24.3 Å². The molecule has 102 valence electrons. The van der Waals surface area contributed by atoms with Crippen LogP contribution in [0.4, 0.5) is 10.8 Å². The maximum Gasteiger partial charge on any atom is 0.188 e. The molecule has 3 rings (SSSR count). The summed E-state index contributed by atoms with van der Waals surface area (Å²) in [5.41, 5.74) is 1.40. The molecule has 0 aliphatic carbocycles. The van der Waals surface area contributed by atoms with Crippen LogP contribution in [0, 0.1) is 0 Å². The fourth-order valence-corrected chi connectivity index (χ4v) is 3.81. The van der Waals surface area contributed by atoms with Crippen molar-refractivity contribution in [3.63, 3.8) is 0 Å². The smallest absolute Gasteiger partial charge is 0.188 e. The minimum absolute atomic E-state index is 0.438. The second-order valence-electron chi connectivity index (χ2n) is 3.98. The van der Waals surface area contributed by atoms with Gasteiger partial charge in [0.2, 0.25) is 0 Å². The van der Waals surface area contributed by atoms with Crippen molar-refractivity contribution in [3.05, 3.63) is 50.4 Å². The molecule has 1 aromatic heterocycles. The van der Waals surface area contributed by atoms with Crippen LogP contribution in [0.3, 0.4) is 0 Å². The predicted octanol–water partition coefficient (Wildman–Crippen LogP) is 6.65. The number of halogens is 4. The summed E-state index contributed by atoms with van der Waals surface area (Å²) >= 11 is 25.7. The highest BCUT2D eigenvalue weighted by molar-refractivity contribution is 7.22. The lowest BCUT2D eigenvalue weighted by atomic mass is 10.3. The van der Waals surface area contributed by atoms with E-state index in [0.717, 1.165) is 10.2 Å². The van der Waals surface area contributed by atoms with Crippen LogP contribution in [-0.4, -0.2) is 4.98 Å². The Morgan fingerprint density at radius 1 is 0.950 bits per heavy atom. The summed E-state index contributed by atoms with van der Waals surface area (Å²) in [5.74, 6) is 0. The largest absolute Gasteiger partial charge is 0.329 e. The predicted molar refractivity (Wildman–Crippen MR) is 89.4 cm³/mol. The third-order valence-electron chi connectivity index (χ3n) is 2.61. The van der Waals surface area contributed by atoms with Crippen molar-refractivity contribution in [2.75, 3.05) is 5.32 Å². The van der Waals surface area contributed by atoms with Crippen LogP contribution < -0.4 is 5.32 Å². The van der Waals surface area contributed by atoms with E-state index >= 15 is 0 Å². The van der Waals surface area contributed by atoms with E-state index < -0.39 is 0 Å². The maximum atomic E-state index is 6.13. The van der Waals surface area contributed by atoms with Gasteiger partial charge in [0.25, 0.3) is 0 Å². The zero-order valence-electron chi connectivity index (χ0n) is 9.75. The summed E-state index contributed by atoms with van der Waals surface area (Å²) in [5, 5.41) is 5.80. The number of thiazole rings is 1. The van der Waals surface area contributed by atoms with Crippen molar-refractivity contribution < 1.29 is 0 Å². The number of nitrogens with one attached hydrogen (secondary N) is 1. The van der Waals surface area contributed by atoms with Gasteiger partial charge in [-0.25, -0.2) is 4.98 Å². The molecular weight excluding hydrogens is 358 g/mol. The second-order valence-corrected chi connectivity index (χ2v) is 6.63. The number of aromatic nitrogens is 1. The Kier molecular flexibility index (Phi) is 3.98. The summed E-state index contributed by atoms with van der Waals surface area (Å²) in [4.78, 5) is 4.45. The molecule has 20 heavy (non-hydrogen) atoms. The Hall–Kier alpha value is -0.710. The standard InChI is InChI=1S/C13H6Cl4N2S/c14-6-4-8(16)11(9(17)5-6)19-13-18-10-3-1-2-7(15)12(10)20-13/h1-5H,(H,18,19). The Balaban J connectivity index is 2.04. The van der Waals surface area contributed by atoms with Gasteiger partial charge in [-0.15, -0.1) is 0 Å². The average Bonchev–Trinajstić information content (AvgIpc) is 2.78. The SMILES string of the molecule is Clc1cc(Cl)c(Nc2nc3cccc(Cl)c3s2)c(Cl)c1. The van der Waals surface area contributed by atoms with Gasteiger partial charge in [0.05, 0.1) is 31.0 Å². The van der Waals surface area contributed by atoms with E-state index in [9.17, 15) is 0 Å². The first-order valence-electron chi connectivity index (χ1n) is 5.51. The zero-order valence-corrected chi connectivity index (χ0v) is 13.6. The normalized spacial score (nSPS) is 11.0. The van der Waals surface area contributed by atoms with Crippen LogP contribution in [0.1, 0.15) is 0 Å². The molecule has 0 saturated heterocycles. The fourth-order valence-electron chi connectivity index (χ4n) is 1.74. The number of fused-ring (bicyclic) bond motifs is 1. The number of hydrogen-bond acceptors (Lipinski definition) is 3. The molecule has 0 bridgehead atoms. The van der Waals surface area contributed by atoms with Crippen molar-refractivity contribution >= 4 is 78.8 Å². The highest BCUT2D eigenvalue weighted by Crippen LogP contribution is 2.38. The van der Waals surface area contributed by atoms with Crippen LogP contribution in [0.15, 0.2) is 30.3 Å². The molecule has 0 aliphatic rings. The van der Waals surface area contributed by atoms with E-state index in [-0.39, 0.29) is 0 Å². The van der Waals surface area contributed by atoms with Crippen molar-refractivity contribution in [2.45, 2.75) is 0 Å². The van der Waals surface area contributed by atoms with E-state index in [1.807, 2.05) is 18.2 Å². The van der Waals surface area contributed by atoms with Gasteiger partial charge in [-0.1, -0.05) is 63.8 Å². The maximum absolute atomic E-state index is 6.13. The molecule has 0 unspecified atom stereocenters. The number of benzene rings is 2. The minimum atomic E-state index is 0.438. The second kappa shape index (κ2) is 5.58. The molecular formula is C13H6Cl4N2S. The monoisotopic (exact) mass is 362 g/mol. The van der Waals surface area contributed by atoms with Gasteiger partial charge in [-0.2, -0.15) is 0 Å². The molecule has 0 fully saturated rings. The molecule has 0 atom stereocenters. The fraction of sp³-hybridized carbons (Fsp3) is 0. The summed E-state index contributed by atoms with van der Waals surface area (Å²) in [6.45, 7) is 0. The molecule has 1 N–H and O–H groups in total. The number of rotatable bonds is 2. The lowest BCUT2D eigenvalue weighted by molar-refractivity contribution is 1.44. The molecule has 1 heterocycles. The number of anilines is 2. The summed E-state index contributed by atoms with van der Waals surface area (Å²) in [6, 6.07) is 8.83. The van der Waals surface area contributed by atoms with E-state index in [2.05, 4.69) is 10.3 Å². The van der Waals surface area contributed by atoms with Crippen molar-refractivity contribution in [1.29, 1.82) is 0 Å². The first-order chi connectivity index (χ1) is 9.54. The van der Waals surface area contributed by atoms with E-state index in [4.69, 9.17) is 46.4 Å². The van der Waals surface area contributed by atoms with Gasteiger partial charge < -0.3 is 5.32 Å². The Morgan fingerprint density at radius 2 is 1.65 bits per heavy atom. The van der Waals surface area contributed by atoms with Crippen molar-refractivity contribution in [3.8, 4) is 0 Å². The molecule has 0 aliphatic heterocycles. The molecule has 3 aromatic rings. The molecule has 0 saturated carbocycles. The van der Waals surface area contributed by atoms with Crippen molar-refractivity contribution in [1.82, 2.24) is 4.98 Å². The average molecular weight is 364 g/mol. The lowest BCUT2D eigenvalue weighted by Crippen LogP contribution is -1.91. The van der Waals surface area contributed by atoms with E-state index in [1.165, 1.54) is 11.3 Å². The third kappa shape index (κ3) is 2.69. The van der Waals surface area contributed by atoms with Crippen LogP contribution in [-0.2, 0) is 0 Å². The Bertz CT molecular complexity index is 777. The number of nitrogens with zero attached hydrogens (tertiary/aromatic N) is 1. The molecule has 2 aromatic carbocycles. The molecule has 0 radical (unpaired) electrons. The van der Waals surface area contributed by atoms with Crippen LogP contribution >= 0.6 is 57.7 Å². The van der Waals surface area contributed by atoms with Gasteiger partial charge in [0, 0.05) is 5.02 Å². The summed E-state index contributed by atoms with van der Waals surface area (Å²) in [6.07, 6.45) is 0. The topological polar surface area (TPSA) is 24.9 Å². The Labute approximate surface area is 139 Å². The van der Waals surface area contributed by atoms with Crippen LogP contribution in [0.5, 0.6) is 0 Å². The van der Waals surface area contributed by atoms with Gasteiger partial charge >= 0.3 is 0 Å². The molecule has 7 heteroatoms. The highest BCUT2D eigenvalue weighted by Gasteiger charge is 2.12. The third-order valence-corrected chi connectivity index (χ3v) is 4.87. The van der Waals surface area contributed by atoms with Gasteiger partial charge in [-0.3, -0.25) is 0 Å². The van der Waals surface area contributed by atoms with Gasteiger partial charge in [0.1, 0.15) is 0 Å². The molecule has 0 spiro atoms. The quantitative estimate of drug-likeness (QED) is 0.551. The first-order valence-corrected chi connectivity index (χ1v) is 7.84. The zero-order chi connectivity index (χ0) is 14.3.